The van der Waals surface area contributed by atoms with Crippen molar-refractivity contribution in [2.45, 2.75) is 268 Å². The summed E-state index contributed by atoms with van der Waals surface area (Å²) in [4.78, 5) is 243. The van der Waals surface area contributed by atoms with Gasteiger partial charge in [-0.25, -0.2) is 0 Å². The number of fused-ring (bicyclic) bond motifs is 1. The van der Waals surface area contributed by atoms with Crippen LogP contribution in [0.25, 0.3) is 10.9 Å². The molecule has 0 radical (unpaired) electrons. The van der Waals surface area contributed by atoms with E-state index in [1.54, 1.807) is 119 Å². The highest BCUT2D eigenvalue weighted by atomic mass is 32.2. The highest BCUT2D eigenvalue weighted by molar-refractivity contribution is 8.13. The van der Waals surface area contributed by atoms with Crippen molar-refractivity contribution in [3.8, 4) is 5.75 Å². The van der Waals surface area contributed by atoms with Crippen LogP contribution in [-0.4, -0.2) is 260 Å². The number of aromatic nitrogens is 1. The summed E-state index contributed by atoms with van der Waals surface area (Å²) in [6.45, 7) is 15.2. The van der Waals surface area contributed by atoms with Crippen molar-refractivity contribution < 1.29 is 102 Å². The molecule has 0 unspecified atom stereocenters. The van der Waals surface area contributed by atoms with Crippen molar-refractivity contribution in [3.05, 3.63) is 138 Å². The Morgan fingerprint density at radius 2 is 0.825 bits per heavy atom. The number of thioether (sulfide) groups is 2. The van der Waals surface area contributed by atoms with Crippen LogP contribution in [0.2, 0.25) is 0 Å². The van der Waals surface area contributed by atoms with E-state index in [0.717, 1.165) is 31.2 Å². The number of aliphatic carboxylic acids is 1. The predicted molar refractivity (Wildman–Crippen MR) is 518 cm³/mol. The zero-order valence-corrected chi connectivity index (χ0v) is 81.0. The first-order valence-corrected chi connectivity index (χ1v) is 48.3. The number of carboxylic acids is 1. The van der Waals surface area contributed by atoms with Crippen LogP contribution in [0, 0.1) is 17.8 Å². The first-order chi connectivity index (χ1) is 65.1. The number of phenolic OH excluding ortho intramolecular Hbond substituents is 1. The van der Waals surface area contributed by atoms with E-state index in [-0.39, 0.29) is 112 Å². The Morgan fingerprint density at radius 1 is 0.416 bits per heavy atom. The van der Waals surface area contributed by atoms with Crippen LogP contribution in [0.3, 0.4) is 0 Å². The largest absolute Gasteiger partial charge is 0.508 e. The summed E-state index contributed by atoms with van der Waals surface area (Å²) in [6.07, 6.45) is -1.58. The van der Waals surface area contributed by atoms with Crippen LogP contribution < -0.4 is 103 Å². The maximum absolute atomic E-state index is 15.3. The fraction of sp³-hybridized carbons (Fsp3) is 0.543. The van der Waals surface area contributed by atoms with Crippen molar-refractivity contribution >= 4 is 134 Å². The van der Waals surface area contributed by atoms with Gasteiger partial charge in [-0.3, -0.25) is 81.5 Å². The topological polar surface area (TPSA) is 671 Å². The molecule has 1 heterocycles. The van der Waals surface area contributed by atoms with Gasteiger partial charge in [0.15, 0.2) is 0 Å². The minimum Gasteiger partial charge on any atom is -0.508 e. The zero-order chi connectivity index (χ0) is 102. The Hall–Kier alpha value is -12.1. The molecule has 43 heteroatoms. The van der Waals surface area contributed by atoms with E-state index in [4.69, 9.17) is 22.9 Å². The number of carbonyl (C=O) groups excluding carboxylic acids is 16. The molecular weight excluding hydrogens is 1810 g/mol. The summed E-state index contributed by atoms with van der Waals surface area (Å²) in [6, 6.07) is 8.78. The first kappa shape index (κ1) is 115. The normalized spacial score (nSPS) is 15.0. The second-order valence-corrected chi connectivity index (χ2v) is 36.8. The molecule has 137 heavy (non-hydrogen) atoms. The number of rotatable bonds is 62. The van der Waals surface area contributed by atoms with Gasteiger partial charge >= 0.3 is 5.97 Å². The van der Waals surface area contributed by atoms with Gasteiger partial charge < -0.3 is 128 Å². The lowest BCUT2D eigenvalue weighted by atomic mass is 9.96. The van der Waals surface area contributed by atoms with E-state index in [1.165, 1.54) is 49.9 Å². The number of nitrogens with two attached hydrogens (primary N) is 4. The van der Waals surface area contributed by atoms with Gasteiger partial charge in [-0.05, 0) is 163 Å². The van der Waals surface area contributed by atoms with Gasteiger partial charge in [0.2, 0.25) is 93.7 Å². The number of H-pyrrole nitrogens is 1. The average molecular weight is 1950 g/mol. The third-order valence-electron chi connectivity index (χ3n) is 22.4. The van der Waals surface area contributed by atoms with Gasteiger partial charge in [-0.2, -0.15) is 0 Å². The van der Waals surface area contributed by atoms with Crippen molar-refractivity contribution in [1.29, 1.82) is 0 Å². The lowest BCUT2D eigenvalue weighted by Crippen LogP contribution is -2.63. The molecule has 0 fully saturated rings. The molecule has 0 aliphatic carbocycles. The number of aliphatic hydroxyl groups excluding tert-OH is 2. The summed E-state index contributed by atoms with van der Waals surface area (Å²) in [7, 11) is 0. The molecule has 4 aromatic carbocycles. The van der Waals surface area contributed by atoms with E-state index in [2.05, 4.69) is 84.7 Å². The molecule has 1 aromatic heterocycles. The monoisotopic (exact) mass is 1950 g/mol. The van der Waals surface area contributed by atoms with Gasteiger partial charge in [-0.15, -0.1) is 11.8 Å². The summed E-state index contributed by atoms with van der Waals surface area (Å²) in [5.41, 5.74) is 26.7. The Labute approximate surface area is 806 Å². The number of hydrogen-bond donors (Lipinski definition) is 24. The smallest absolute Gasteiger partial charge is 0.305 e. The maximum atomic E-state index is 15.3. The van der Waals surface area contributed by atoms with Crippen molar-refractivity contribution in [2.75, 3.05) is 37.8 Å². The number of nitrogens with one attached hydrogen (secondary N) is 16. The zero-order valence-electron chi connectivity index (χ0n) is 79.4. The molecule has 41 nitrogen and oxygen atoms in total. The maximum Gasteiger partial charge on any atom is 0.305 e. The summed E-state index contributed by atoms with van der Waals surface area (Å²) in [5, 5.41) is 81.6. The molecule has 0 aliphatic rings. The minimum absolute atomic E-state index is 0.0745. The van der Waals surface area contributed by atoms with Gasteiger partial charge in [0, 0.05) is 54.8 Å². The quantitative estimate of drug-likeness (QED) is 0.0169. The molecule has 5 rings (SSSR count). The number of benzene rings is 4. The van der Waals surface area contributed by atoms with Gasteiger partial charge in [-0.1, -0.05) is 151 Å². The Balaban J connectivity index is 1.39. The van der Waals surface area contributed by atoms with Crippen LogP contribution in [0.15, 0.2) is 115 Å². The number of carboxylic acid groups (broad SMARTS) is 1. The summed E-state index contributed by atoms with van der Waals surface area (Å²) >= 11 is 2.10. The number of amides is 15. The van der Waals surface area contributed by atoms with Gasteiger partial charge in [0.1, 0.15) is 84.3 Å². The molecule has 0 spiro atoms. The molecular formula is C94H140N20O21S2. The van der Waals surface area contributed by atoms with Crippen LogP contribution >= 0.6 is 23.5 Å². The molecule has 5 aromatic rings. The highest BCUT2D eigenvalue weighted by Crippen LogP contribution is 2.23. The molecule has 28 N–H and O–H groups in total. The molecule has 0 aliphatic heterocycles. The van der Waals surface area contributed by atoms with E-state index in [0.29, 0.717) is 53.4 Å². The highest BCUT2D eigenvalue weighted by Gasteiger charge is 2.41. The van der Waals surface area contributed by atoms with Crippen LogP contribution in [0.1, 0.15) is 169 Å². The second-order valence-electron chi connectivity index (χ2n) is 34.7. The Kier molecular flexibility index (Phi) is 50.9. The van der Waals surface area contributed by atoms with E-state index in [9.17, 15) is 87.5 Å². The molecule has 0 saturated carbocycles. The van der Waals surface area contributed by atoms with E-state index >= 15 is 14.4 Å². The van der Waals surface area contributed by atoms with Crippen molar-refractivity contribution in [2.24, 2.45) is 40.7 Å². The fourth-order valence-electron chi connectivity index (χ4n) is 14.3. The second kappa shape index (κ2) is 60.5. The first-order valence-electron chi connectivity index (χ1n) is 46.1. The number of unbranched alkanes of at least 4 members (excludes halogenated alkanes) is 3. The molecule has 17 atom stereocenters. The average Bonchev–Trinajstić information content (AvgIpc) is 1.70. The third kappa shape index (κ3) is 41.0. The lowest BCUT2D eigenvalue weighted by molar-refractivity contribution is -0.142. The summed E-state index contributed by atoms with van der Waals surface area (Å²) in [5.74, 6) is -16.4. The van der Waals surface area contributed by atoms with Gasteiger partial charge in [0.05, 0.1) is 37.1 Å². The minimum atomic E-state index is -1.97. The fourth-order valence-corrected chi connectivity index (χ4v) is 15.9. The predicted octanol–water partition coefficient (Wildman–Crippen LogP) is -0.674. The van der Waals surface area contributed by atoms with E-state index in [1.807, 2.05) is 13.8 Å². The molecule has 0 saturated heterocycles. The number of aromatic hydroxyl groups is 1. The van der Waals surface area contributed by atoms with Crippen LogP contribution in [0.4, 0.5) is 0 Å². The number of aliphatic hydroxyl groups is 2. The Morgan fingerprint density at radius 3 is 1.34 bits per heavy atom. The number of para-hydroxylation sites is 1. The van der Waals surface area contributed by atoms with E-state index < -0.39 is 222 Å². The van der Waals surface area contributed by atoms with Crippen LogP contribution in [-0.2, 0) is 107 Å². The Bertz CT molecular complexity index is 4790. The van der Waals surface area contributed by atoms with Gasteiger partial charge in [0.25, 0.3) is 0 Å². The third-order valence-corrected chi connectivity index (χ3v) is 24.3. The number of phenols is 1. The SMILES string of the molecule is CC[C@H](C)[C@H](NC(=O)[C@H](CCCCN)NC(=O)[C@H](Cc1c[nH]c2ccccc12)NC(=O)[C@@H](NC(=O)[C@H](C)NC(=O)[C@H](Cc1ccccc1)NC(=O)[C@H](CC(C)C)NC(=O)[C@H](CCCCN)NC(=O)[C@@H](N)CSCNC(C)=O)C(C)C)C(=O)N[C@H](C(=O)N[C@@H](Cc1ccc(O)cc1)C(=O)N[C@@H](CCCCN)C(=O)N[C@@H](CC(=O)O)C(=O)N[C@H](C(=O)NCC(=O)SCc1ccccc1)[C@@H](C)O)[C@@H](C)O. The lowest BCUT2D eigenvalue weighted by Gasteiger charge is -2.31. The number of aromatic amines is 1. The number of carbonyl (C=O) groups is 17. The molecule has 754 valence electrons. The molecule has 0 bridgehead atoms. The number of hydrogen-bond acceptors (Lipinski definition) is 26. The van der Waals surface area contributed by atoms with Crippen LogP contribution in [0.5, 0.6) is 5.75 Å². The van der Waals surface area contributed by atoms with Crippen molar-refractivity contribution in [1.82, 2.24) is 84.7 Å². The standard InChI is InChI=1S/C94H140N20O21S2/c1-11-54(6)78(93(134)114-80(57(9)116)94(135)109-72(44-60-35-37-63(118)38-36-60)88(129)104-68(33-21-24-40-96)84(125)108-74(46-75(119)120)90(131)113-79(56(8)115)91(132)100-48-76(121)137-49-61-28-16-13-17-29-61)112-85(126)69(34-22-25-41-97)105-89(130)73(45-62-47-99-66-31-19-18-30-64(62)66)110-92(133)77(53(4)5)111-81(122)55(7)102-86(127)71(43-59-26-14-12-15-27-59)107-87(128)70(42-52(2)3)106-83(124)67(32-20-23-39-95)103-82(123)65(98)50-136-51-101-58(10)117/h12-19,26-31,35-38,47,52-57,65,67-74,77-80,99,115-116,118H,11,20-25,32-34,39-46,48-51,95-98H2,1-10H3,(H,100,132)(H,101,117)(H,102,127)(H,103,123)(H,104,129)(H,105,130)(H,106,124)(H,107,128)(H,108,125)(H,109,135)(H,110,133)(H,111,122)(H,112,126)(H,113,131)(H,114,134)(H,119,120)/t54-,55-,56+,57+,65-,67-,68-,69-,70-,71-,72-,73-,74-,77-,78-,79-,80-/m0/s1. The van der Waals surface area contributed by atoms with Crippen molar-refractivity contribution in [3.63, 3.8) is 0 Å². The summed E-state index contributed by atoms with van der Waals surface area (Å²) < 4.78 is 0. The molecule has 15 amide bonds.